The summed E-state index contributed by atoms with van der Waals surface area (Å²) >= 11 is 0. The van der Waals surface area contributed by atoms with E-state index in [0.29, 0.717) is 29.5 Å². The molecule has 0 amide bonds. The van der Waals surface area contributed by atoms with E-state index in [1.165, 1.54) is 6.92 Å². The second-order valence-corrected chi connectivity index (χ2v) is 6.29. The Kier molecular flexibility index (Phi) is 4.49. The zero-order valence-electron chi connectivity index (χ0n) is 15.6. The third-order valence-corrected chi connectivity index (χ3v) is 4.43. The van der Waals surface area contributed by atoms with Gasteiger partial charge in [0.25, 0.3) is 0 Å². The lowest BCUT2D eigenvalue weighted by Gasteiger charge is -2.13. The van der Waals surface area contributed by atoms with Gasteiger partial charge in [-0.3, -0.25) is 9.36 Å². The second-order valence-electron chi connectivity index (χ2n) is 6.29. The third-order valence-electron chi connectivity index (χ3n) is 4.43. The maximum atomic E-state index is 11.4. The van der Waals surface area contributed by atoms with Crippen molar-refractivity contribution in [3.05, 3.63) is 60.4 Å². The van der Waals surface area contributed by atoms with Gasteiger partial charge in [0.15, 0.2) is 11.5 Å². The average molecular weight is 373 g/mol. The van der Waals surface area contributed by atoms with Crippen LogP contribution in [0.5, 0.6) is 5.75 Å². The Morgan fingerprint density at radius 2 is 1.93 bits per heavy atom. The lowest BCUT2D eigenvalue weighted by atomic mass is 10.1. The molecule has 0 aliphatic carbocycles. The summed E-state index contributed by atoms with van der Waals surface area (Å²) in [5.74, 6) is 1.26. The topological polar surface area (TPSA) is 95.9 Å². The van der Waals surface area contributed by atoms with Crippen LogP contribution in [0.25, 0.3) is 28.2 Å². The number of benzene rings is 1. The molecule has 0 fully saturated rings. The van der Waals surface area contributed by atoms with E-state index in [1.807, 2.05) is 47.9 Å². The van der Waals surface area contributed by atoms with Crippen molar-refractivity contribution < 1.29 is 9.53 Å². The van der Waals surface area contributed by atoms with Crippen molar-refractivity contribution in [2.24, 2.45) is 0 Å². The molecule has 7 heteroatoms. The zero-order chi connectivity index (χ0) is 19.7. The van der Waals surface area contributed by atoms with E-state index in [0.717, 1.165) is 22.3 Å². The number of fused-ring (bicyclic) bond motifs is 1. The molecule has 1 aromatic carbocycles. The Bertz CT molecular complexity index is 1180. The highest BCUT2D eigenvalue weighted by Gasteiger charge is 2.18. The Labute approximate surface area is 161 Å². The molecule has 7 nitrogen and oxygen atoms in total. The van der Waals surface area contributed by atoms with Gasteiger partial charge in [0, 0.05) is 25.0 Å². The van der Waals surface area contributed by atoms with Crippen LogP contribution in [0.15, 0.2) is 54.9 Å². The maximum Gasteiger partial charge on any atom is 0.308 e. The molecule has 2 N–H and O–H groups in total. The van der Waals surface area contributed by atoms with E-state index in [9.17, 15) is 4.79 Å². The summed E-state index contributed by atoms with van der Waals surface area (Å²) in [4.78, 5) is 24.8. The van der Waals surface area contributed by atoms with Crippen molar-refractivity contribution >= 4 is 23.0 Å². The van der Waals surface area contributed by atoms with Gasteiger partial charge in [-0.2, -0.15) is 0 Å². The highest BCUT2D eigenvalue weighted by atomic mass is 16.5. The standard InChI is InChI=1S/C21H19N5O2/c1-3-14-12-15(8-9-18(14)28-13(2)27)26-20(16-6-4-10-23-19(16)22)25-17-7-5-11-24-21(17)26/h4-12H,3H2,1-2H3,(H2,22,23). The smallest absolute Gasteiger partial charge is 0.308 e. The van der Waals surface area contributed by atoms with E-state index in [4.69, 9.17) is 15.5 Å². The number of carbonyl (C=O) groups excluding carboxylic acids is 1. The van der Waals surface area contributed by atoms with Crippen LogP contribution >= 0.6 is 0 Å². The minimum absolute atomic E-state index is 0.346. The van der Waals surface area contributed by atoms with E-state index in [1.54, 1.807) is 18.5 Å². The van der Waals surface area contributed by atoms with Gasteiger partial charge in [-0.1, -0.05) is 6.92 Å². The summed E-state index contributed by atoms with van der Waals surface area (Å²) in [6.45, 7) is 3.40. The van der Waals surface area contributed by atoms with Crippen LogP contribution < -0.4 is 10.5 Å². The number of rotatable bonds is 4. The first-order valence-corrected chi connectivity index (χ1v) is 8.94. The number of nitrogens with two attached hydrogens (primary N) is 1. The quantitative estimate of drug-likeness (QED) is 0.434. The number of aryl methyl sites for hydroxylation is 1. The highest BCUT2D eigenvalue weighted by molar-refractivity contribution is 5.82. The largest absolute Gasteiger partial charge is 0.426 e. The summed E-state index contributed by atoms with van der Waals surface area (Å²) in [5.41, 5.74) is 10.1. The molecule has 4 rings (SSSR count). The number of pyridine rings is 2. The van der Waals surface area contributed by atoms with Gasteiger partial charge in [-0.25, -0.2) is 15.0 Å². The van der Waals surface area contributed by atoms with E-state index >= 15 is 0 Å². The molecular weight excluding hydrogens is 354 g/mol. The number of esters is 1. The lowest BCUT2D eigenvalue weighted by molar-refractivity contribution is -0.131. The molecule has 4 aromatic rings. The molecule has 28 heavy (non-hydrogen) atoms. The molecule has 0 aliphatic rings. The SMILES string of the molecule is CCc1cc(-n2c(-c3cccnc3N)nc3cccnc32)ccc1OC(C)=O. The average Bonchev–Trinajstić information content (AvgIpc) is 3.07. The van der Waals surface area contributed by atoms with E-state index in [2.05, 4.69) is 9.97 Å². The summed E-state index contributed by atoms with van der Waals surface area (Å²) in [7, 11) is 0. The predicted octanol–water partition coefficient (Wildman–Crippen LogP) is 3.55. The summed E-state index contributed by atoms with van der Waals surface area (Å²) in [6, 6.07) is 13.1. The number of nitrogens with zero attached hydrogens (tertiary/aromatic N) is 4. The molecule has 140 valence electrons. The van der Waals surface area contributed by atoms with Crippen LogP contribution in [0.1, 0.15) is 19.4 Å². The fraction of sp³-hybridized carbons (Fsp3) is 0.143. The minimum atomic E-state index is -0.346. The summed E-state index contributed by atoms with van der Waals surface area (Å²) in [6.07, 6.45) is 4.08. The van der Waals surface area contributed by atoms with Gasteiger partial charge >= 0.3 is 5.97 Å². The number of aromatic nitrogens is 4. The number of carbonyl (C=O) groups is 1. The van der Waals surface area contributed by atoms with Crippen molar-refractivity contribution in [3.8, 4) is 22.8 Å². The molecule has 0 spiro atoms. The first kappa shape index (κ1) is 17.7. The van der Waals surface area contributed by atoms with Crippen LogP contribution in [0, 0.1) is 0 Å². The molecular formula is C21H19N5O2. The van der Waals surface area contributed by atoms with Gasteiger partial charge in [0.1, 0.15) is 17.1 Å². The Balaban J connectivity index is 1.97. The molecule has 0 saturated carbocycles. The number of hydrogen-bond donors (Lipinski definition) is 1. The van der Waals surface area contributed by atoms with Crippen molar-refractivity contribution in [2.75, 3.05) is 5.73 Å². The van der Waals surface area contributed by atoms with Crippen LogP contribution in [0.2, 0.25) is 0 Å². The second kappa shape index (κ2) is 7.11. The van der Waals surface area contributed by atoms with Gasteiger partial charge in [0.2, 0.25) is 0 Å². The van der Waals surface area contributed by atoms with Crippen LogP contribution in [-0.4, -0.2) is 25.5 Å². The minimum Gasteiger partial charge on any atom is -0.426 e. The predicted molar refractivity (Wildman–Crippen MR) is 107 cm³/mol. The van der Waals surface area contributed by atoms with E-state index < -0.39 is 0 Å². The normalized spacial score (nSPS) is 10.9. The number of nitrogen functional groups attached to an aromatic ring is 1. The Morgan fingerprint density at radius 3 is 2.68 bits per heavy atom. The fourth-order valence-corrected chi connectivity index (χ4v) is 3.18. The fourth-order valence-electron chi connectivity index (χ4n) is 3.18. The number of hydrogen-bond acceptors (Lipinski definition) is 6. The van der Waals surface area contributed by atoms with Gasteiger partial charge in [-0.15, -0.1) is 0 Å². The molecule has 0 atom stereocenters. The number of anilines is 1. The van der Waals surface area contributed by atoms with Crippen LogP contribution in [-0.2, 0) is 11.2 Å². The lowest BCUT2D eigenvalue weighted by Crippen LogP contribution is -2.06. The molecule has 0 bridgehead atoms. The molecule has 0 aliphatic heterocycles. The van der Waals surface area contributed by atoms with E-state index in [-0.39, 0.29) is 5.97 Å². The molecule has 3 aromatic heterocycles. The van der Waals surface area contributed by atoms with Gasteiger partial charge in [0.05, 0.1) is 5.56 Å². The van der Waals surface area contributed by atoms with Gasteiger partial charge in [-0.05, 0) is 54.4 Å². The van der Waals surface area contributed by atoms with Gasteiger partial charge < -0.3 is 10.5 Å². The Hall–Kier alpha value is -3.74. The van der Waals surface area contributed by atoms with Crippen LogP contribution in [0.3, 0.4) is 0 Å². The highest BCUT2D eigenvalue weighted by Crippen LogP contribution is 2.32. The first-order chi connectivity index (χ1) is 13.6. The van der Waals surface area contributed by atoms with Crippen molar-refractivity contribution in [2.45, 2.75) is 20.3 Å². The summed E-state index contributed by atoms with van der Waals surface area (Å²) < 4.78 is 7.26. The van der Waals surface area contributed by atoms with Crippen molar-refractivity contribution in [1.29, 1.82) is 0 Å². The molecule has 0 saturated heterocycles. The third kappa shape index (κ3) is 3.07. The first-order valence-electron chi connectivity index (χ1n) is 8.94. The molecule has 0 unspecified atom stereocenters. The molecule has 3 heterocycles. The maximum absolute atomic E-state index is 11.4. The number of imidazole rings is 1. The van der Waals surface area contributed by atoms with Crippen molar-refractivity contribution in [3.63, 3.8) is 0 Å². The molecule has 0 radical (unpaired) electrons. The van der Waals surface area contributed by atoms with Crippen molar-refractivity contribution in [1.82, 2.24) is 19.5 Å². The monoisotopic (exact) mass is 373 g/mol. The van der Waals surface area contributed by atoms with Crippen LogP contribution in [0.4, 0.5) is 5.82 Å². The number of ether oxygens (including phenoxy) is 1. The summed E-state index contributed by atoms with van der Waals surface area (Å²) in [5, 5.41) is 0. The Morgan fingerprint density at radius 1 is 1.14 bits per heavy atom. The zero-order valence-corrected chi connectivity index (χ0v) is 15.6.